The number of hydrogen-bond donors (Lipinski definition) is 0. The van der Waals surface area contributed by atoms with E-state index in [1.165, 1.54) is 97.2 Å². The van der Waals surface area contributed by atoms with Gasteiger partial charge in [0.05, 0.1) is 0 Å². The Balaban J connectivity index is 0.000000154. The van der Waals surface area contributed by atoms with Gasteiger partial charge in [0.15, 0.2) is 0 Å². The predicted octanol–water partition coefficient (Wildman–Crippen LogP) is 14.8. The average molecular weight is 983 g/mol. The molecule has 0 unspecified atom stereocenters. The van der Waals surface area contributed by atoms with Crippen LogP contribution in [0.4, 0.5) is 0 Å². The molecule has 0 N–H and O–H groups in total. The number of hydrogen-bond acceptors (Lipinski definition) is 0. The van der Waals surface area contributed by atoms with E-state index < -0.39 is 15.8 Å². The summed E-state index contributed by atoms with van der Waals surface area (Å²) in [6.45, 7) is 0. The third-order valence-electron chi connectivity index (χ3n) is 12.5. The summed E-state index contributed by atoms with van der Waals surface area (Å²) in [5.74, 6) is 0. The second-order valence-corrected chi connectivity index (χ2v) is 20.8. The van der Waals surface area contributed by atoms with Crippen molar-refractivity contribution in [1.29, 1.82) is 0 Å². The van der Waals surface area contributed by atoms with E-state index in [2.05, 4.69) is 279 Å². The molecule has 0 amide bonds. The first-order valence-corrected chi connectivity index (χ1v) is 25.3. The summed E-state index contributed by atoms with van der Waals surface area (Å²) >= 11 is 0. The van der Waals surface area contributed by atoms with Crippen LogP contribution in [0, 0.1) is 0 Å². The van der Waals surface area contributed by atoms with Gasteiger partial charge in [-0.05, 0) is 113 Å². The minimum absolute atomic E-state index is 0. The molecule has 0 bridgehead atoms. The molecule has 0 aliphatic heterocycles. The molecule has 0 saturated carbocycles. The van der Waals surface area contributed by atoms with Gasteiger partial charge in [0.25, 0.3) is 0 Å². The number of rotatable bonds is 8. The minimum atomic E-state index is -0.719. The predicted molar refractivity (Wildman–Crippen MR) is 291 cm³/mol. The second kappa shape index (κ2) is 20.4. The van der Waals surface area contributed by atoms with Gasteiger partial charge < -0.3 is 0 Å². The van der Waals surface area contributed by atoms with Crippen molar-refractivity contribution in [3.8, 4) is 22.3 Å². The SMILES string of the molecule is [Pd+2].c1ccc(P(c2ccccc2)c2ccc3ccccc3c2-c2cccc3ccccc23)cc1.c1ccc(P(c2ccccc2)c2ccc3ccccc3c2-c2cccc3ccccc23)cc1. The Bertz CT molecular complexity index is 3260. The molecule has 0 nitrogen and oxygen atoms in total. The van der Waals surface area contributed by atoms with Crippen LogP contribution in [0.25, 0.3) is 65.3 Å². The molecule has 0 spiro atoms. The molecule has 0 aromatic heterocycles. The summed E-state index contributed by atoms with van der Waals surface area (Å²) in [5, 5.41) is 18.6. The van der Waals surface area contributed by atoms with E-state index >= 15 is 0 Å². The van der Waals surface area contributed by atoms with Crippen LogP contribution in [-0.2, 0) is 20.4 Å². The smallest absolute Gasteiger partial charge is 0.0622 e. The fraction of sp³-hybridized carbons (Fsp3) is 0. The van der Waals surface area contributed by atoms with Crippen LogP contribution >= 0.6 is 15.8 Å². The van der Waals surface area contributed by atoms with Crippen LogP contribution in [0.1, 0.15) is 0 Å². The maximum absolute atomic E-state index is 2.37. The molecule has 3 heteroatoms. The maximum Gasteiger partial charge on any atom is 2.00 e. The Hall–Kier alpha value is -6.80. The summed E-state index contributed by atoms with van der Waals surface area (Å²) in [4.78, 5) is 0. The van der Waals surface area contributed by atoms with Crippen molar-refractivity contribution in [2.45, 2.75) is 0 Å². The van der Waals surface area contributed by atoms with Crippen LogP contribution in [0.2, 0.25) is 0 Å². The zero-order chi connectivity index (χ0) is 44.1. The van der Waals surface area contributed by atoms with Crippen molar-refractivity contribution in [2.24, 2.45) is 0 Å². The molecule has 12 rings (SSSR count). The minimum Gasteiger partial charge on any atom is -0.0622 e. The van der Waals surface area contributed by atoms with Crippen LogP contribution in [-0.4, -0.2) is 0 Å². The van der Waals surface area contributed by atoms with E-state index in [0.29, 0.717) is 0 Å². The summed E-state index contributed by atoms with van der Waals surface area (Å²) in [6.07, 6.45) is 0. The molecule has 0 aliphatic rings. The van der Waals surface area contributed by atoms with Gasteiger partial charge in [0.2, 0.25) is 0 Å². The van der Waals surface area contributed by atoms with Gasteiger partial charge in [-0.2, -0.15) is 0 Å². The Morgan fingerprint density at radius 2 is 0.448 bits per heavy atom. The molecule has 12 aromatic rings. The normalized spacial score (nSPS) is 11.1. The molecule has 67 heavy (non-hydrogen) atoms. The number of fused-ring (bicyclic) bond motifs is 4. The summed E-state index contributed by atoms with van der Waals surface area (Å²) in [5.41, 5.74) is 5.31. The average Bonchev–Trinajstić information content (AvgIpc) is 3.40. The standard InChI is InChI=1S/2C32H23P.Pd/c2*1-3-15-26(16-4-1)33(27-17-5-2-6-18-27)31-23-22-25-13-8-10-20-29(25)32(31)30-21-11-14-24-12-7-9-19-28(24)30;/h2*1-23H;/q;;+2. The first-order chi connectivity index (χ1) is 32.8. The quantitative estimate of drug-likeness (QED) is 0.105. The van der Waals surface area contributed by atoms with Crippen molar-refractivity contribution in [3.63, 3.8) is 0 Å². The van der Waals surface area contributed by atoms with Gasteiger partial charge in [0, 0.05) is 0 Å². The zero-order valence-corrected chi connectivity index (χ0v) is 40.1. The third kappa shape index (κ3) is 8.94. The Labute approximate surface area is 409 Å². The van der Waals surface area contributed by atoms with Crippen LogP contribution in [0.3, 0.4) is 0 Å². The third-order valence-corrected chi connectivity index (χ3v) is 17.4. The van der Waals surface area contributed by atoms with E-state index in [0.717, 1.165) is 0 Å². The first-order valence-electron chi connectivity index (χ1n) is 22.6. The van der Waals surface area contributed by atoms with E-state index in [9.17, 15) is 0 Å². The van der Waals surface area contributed by atoms with Gasteiger partial charge in [-0.3, -0.25) is 0 Å². The van der Waals surface area contributed by atoms with E-state index in [1.807, 2.05) is 0 Å². The molecule has 0 heterocycles. The maximum atomic E-state index is 2.37. The molecule has 12 aromatic carbocycles. The van der Waals surface area contributed by atoms with Gasteiger partial charge >= 0.3 is 20.4 Å². The van der Waals surface area contributed by atoms with Crippen LogP contribution in [0.15, 0.2) is 279 Å². The van der Waals surface area contributed by atoms with Crippen molar-refractivity contribution in [2.75, 3.05) is 0 Å². The topological polar surface area (TPSA) is 0 Å². The Morgan fingerprint density at radius 1 is 0.194 bits per heavy atom. The van der Waals surface area contributed by atoms with Crippen molar-refractivity contribution < 1.29 is 20.4 Å². The van der Waals surface area contributed by atoms with Gasteiger partial charge in [-0.1, -0.05) is 279 Å². The second-order valence-electron chi connectivity index (χ2n) is 16.4. The van der Waals surface area contributed by atoms with Crippen molar-refractivity contribution in [3.05, 3.63) is 279 Å². The van der Waals surface area contributed by atoms with Crippen LogP contribution < -0.4 is 31.8 Å². The molecule has 0 aliphatic carbocycles. The Kier molecular flexibility index (Phi) is 13.4. The number of benzene rings is 12. The molecular formula is C64H46P2Pd+2. The molecule has 0 fully saturated rings. The van der Waals surface area contributed by atoms with Crippen LogP contribution in [0.5, 0.6) is 0 Å². The van der Waals surface area contributed by atoms with Crippen molar-refractivity contribution in [1.82, 2.24) is 0 Å². The first kappa shape index (κ1) is 44.1. The molecule has 0 radical (unpaired) electrons. The molecule has 0 atom stereocenters. The molecule has 0 saturated heterocycles. The fourth-order valence-electron chi connectivity index (χ4n) is 9.51. The van der Waals surface area contributed by atoms with Gasteiger partial charge in [0.1, 0.15) is 0 Å². The zero-order valence-electron chi connectivity index (χ0n) is 36.8. The summed E-state index contributed by atoms with van der Waals surface area (Å²) < 4.78 is 0. The summed E-state index contributed by atoms with van der Waals surface area (Å²) in [6, 6.07) is 102. The fourth-order valence-corrected chi connectivity index (χ4v) is 14.5. The Morgan fingerprint density at radius 3 is 0.776 bits per heavy atom. The molecular weight excluding hydrogens is 937 g/mol. The largest absolute Gasteiger partial charge is 2.00 e. The van der Waals surface area contributed by atoms with Crippen molar-refractivity contribution >= 4 is 90.8 Å². The molecule has 320 valence electrons. The van der Waals surface area contributed by atoms with Gasteiger partial charge in [-0.25, -0.2) is 0 Å². The van der Waals surface area contributed by atoms with E-state index in [1.54, 1.807) is 0 Å². The van der Waals surface area contributed by atoms with E-state index in [4.69, 9.17) is 0 Å². The monoisotopic (exact) mass is 982 g/mol. The summed E-state index contributed by atoms with van der Waals surface area (Å²) in [7, 11) is -1.44. The van der Waals surface area contributed by atoms with E-state index in [-0.39, 0.29) is 20.4 Å². The van der Waals surface area contributed by atoms with Gasteiger partial charge in [-0.15, -0.1) is 0 Å².